The number of aromatic amines is 1. The van der Waals surface area contributed by atoms with Crippen LogP contribution in [0.2, 0.25) is 0 Å². The lowest BCUT2D eigenvalue weighted by molar-refractivity contribution is 0.944. The third kappa shape index (κ3) is 1.62. The Balaban J connectivity index is 2.15. The van der Waals surface area contributed by atoms with Gasteiger partial charge in [-0.15, -0.1) is 0 Å². The highest BCUT2D eigenvalue weighted by Gasteiger charge is 2.09. The molecule has 4 heteroatoms. The van der Waals surface area contributed by atoms with E-state index in [4.69, 9.17) is 5.73 Å². The SMILES string of the molecule is Cc1[nH]c(CN)nc1-c1ccc2c(ccn2C)c1. The van der Waals surface area contributed by atoms with E-state index in [-0.39, 0.29) is 0 Å². The van der Waals surface area contributed by atoms with Crippen molar-refractivity contribution in [2.45, 2.75) is 13.5 Å². The molecule has 0 aliphatic carbocycles. The number of nitrogens with zero attached hydrogens (tertiary/aromatic N) is 2. The van der Waals surface area contributed by atoms with Crippen LogP contribution >= 0.6 is 0 Å². The van der Waals surface area contributed by atoms with Gasteiger partial charge < -0.3 is 15.3 Å². The summed E-state index contributed by atoms with van der Waals surface area (Å²) in [7, 11) is 2.05. The molecule has 0 spiro atoms. The molecule has 18 heavy (non-hydrogen) atoms. The first-order valence-corrected chi connectivity index (χ1v) is 6.00. The van der Waals surface area contributed by atoms with Crippen LogP contribution in [-0.2, 0) is 13.6 Å². The van der Waals surface area contributed by atoms with Gasteiger partial charge in [0.2, 0.25) is 0 Å². The first-order valence-electron chi connectivity index (χ1n) is 6.00. The molecule has 0 unspecified atom stereocenters. The van der Waals surface area contributed by atoms with E-state index in [2.05, 4.69) is 45.0 Å². The third-order valence-corrected chi connectivity index (χ3v) is 3.29. The first kappa shape index (κ1) is 11.0. The minimum atomic E-state index is 0.439. The van der Waals surface area contributed by atoms with Crippen molar-refractivity contribution >= 4 is 10.9 Å². The number of aromatic nitrogens is 3. The molecule has 3 aromatic rings. The highest BCUT2D eigenvalue weighted by Crippen LogP contribution is 2.25. The molecule has 1 aromatic carbocycles. The smallest absolute Gasteiger partial charge is 0.120 e. The van der Waals surface area contributed by atoms with E-state index in [0.717, 1.165) is 22.8 Å². The summed E-state index contributed by atoms with van der Waals surface area (Å²) in [6.07, 6.45) is 2.07. The van der Waals surface area contributed by atoms with Crippen molar-refractivity contribution in [1.29, 1.82) is 0 Å². The van der Waals surface area contributed by atoms with Gasteiger partial charge in [-0.2, -0.15) is 0 Å². The summed E-state index contributed by atoms with van der Waals surface area (Å²) >= 11 is 0. The van der Waals surface area contributed by atoms with Crippen LogP contribution in [0.5, 0.6) is 0 Å². The Morgan fingerprint density at radius 3 is 2.89 bits per heavy atom. The summed E-state index contributed by atoms with van der Waals surface area (Å²) in [5, 5.41) is 1.23. The number of nitrogens with two attached hydrogens (primary N) is 1. The van der Waals surface area contributed by atoms with Gasteiger partial charge in [-0.3, -0.25) is 0 Å². The summed E-state index contributed by atoms with van der Waals surface area (Å²) in [6, 6.07) is 8.51. The van der Waals surface area contributed by atoms with Gasteiger partial charge >= 0.3 is 0 Å². The van der Waals surface area contributed by atoms with E-state index >= 15 is 0 Å². The average molecular weight is 240 g/mol. The molecular weight excluding hydrogens is 224 g/mol. The minimum absolute atomic E-state index is 0.439. The Bertz CT molecular complexity index is 706. The highest BCUT2D eigenvalue weighted by molar-refractivity contribution is 5.85. The maximum Gasteiger partial charge on any atom is 0.120 e. The zero-order chi connectivity index (χ0) is 12.7. The van der Waals surface area contributed by atoms with Crippen molar-refractivity contribution in [3.8, 4) is 11.3 Å². The van der Waals surface area contributed by atoms with Gasteiger partial charge in [0.05, 0.1) is 12.2 Å². The van der Waals surface area contributed by atoms with Crippen molar-refractivity contribution in [3.05, 3.63) is 42.0 Å². The number of aryl methyl sites for hydroxylation is 2. The van der Waals surface area contributed by atoms with Crippen LogP contribution in [0.15, 0.2) is 30.5 Å². The van der Waals surface area contributed by atoms with Gasteiger partial charge in [0.15, 0.2) is 0 Å². The van der Waals surface area contributed by atoms with E-state index in [9.17, 15) is 0 Å². The molecule has 3 N–H and O–H groups in total. The van der Waals surface area contributed by atoms with E-state index in [1.165, 1.54) is 10.9 Å². The lowest BCUT2D eigenvalue weighted by Crippen LogP contribution is -1.97. The molecule has 0 fully saturated rings. The maximum absolute atomic E-state index is 5.61. The van der Waals surface area contributed by atoms with Gasteiger partial charge in [0.25, 0.3) is 0 Å². The number of H-pyrrole nitrogens is 1. The van der Waals surface area contributed by atoms with Crippen molar-refractivity contribution in [2.24, 2.45) is 12.8 Å². The van der Waals surface area contributed by atoms with E-state index in [1.54, 1.807) is 0 Å². The number of benzene rings is 1. The molecule has 0 saturated carbocycles. The summed E-state index contributed by atoms with van der Waals surface area (Å²) < 4.78 is 2.11. The molecule has 0 radical (unpaired) electrons. The topological polar surface area (TPSA) is 59.6 Å². The Morgan fingerprint density at radius 1 is 1.33 bits per heavy atom. The van der Waals surface area contributed by atoms with Crippen LogP contribution in [0.4, 0.5) is 0 Å². The van der Waals surface area contributed by atoms with Crippen molar-refractivity contribution in [2.75, 3.05) is 0 Å². The molecule has 92 valence electrons. The molecule has 3 rings (SSSR count). The molecule has 0 atom stereocenters. The fourth-order valence-corrected chi connectivity index (χ4v) is 2.33. The van der Waals surface area contributed by atoms with Crippen LogP contribution in [0.1, 0.15) is 11.5 Å². The number of hydrogen-bond donors (Lipinski definition) is 2. The van der Waals surface area contributed by atoms with Crippen LogP contribution < -0.4 is 5.73 Å². The molecule has 2 aromatic heterocycles. The summed E-state index contributed by atoms with van der Waals surface area (Å²) in [5.74, 6) is 0.829. The zero-order valence-electron chi connectivity index (χ0n) is 10.6. The van der Waals surface area contributed by atoms with E-state index in [1.807, 2.05) is 14.0 Å². The Kier molecular flexibility index (Phi) is 2.45. The maximum atomic E-state index is 5.61. The molecule has 0 aliphatic heterocycles. The minimum Gasteiger partial charge on any atom is -0.351 e. The predicted molar refractivity (Wildman–Crippen MR) is 73.1 cm³/mol. The van der Waals surface area contributed by atoms with Gasteiger partial charge in [0, 0.05) is 35.4 Å². The predicted octanol–water partition coefficient (Wildman–Crippen LogP) is 2.34. The van der Waals surface area contributed by atoms with Crippen LogP contribution in [0.25, 0.3) is 22.2 Å². The van der Waals surface area contributed by atoms with E-state index in [0.29, 0.717) is 6.54 Å². The standard InChI is InChI=1S/C14H16N4/c1-9-14(17-13(8-15)16-9)11-3-4-12-10(7-11)5-6-18(12)2/h3-7H,8,15H2,1-2H3,(H,16,17). The summed E-state index contributed by atoms with van der Waals surface area (Å²) in [5.41, 5.74) is 10.0. The van der Waals surface area contributed by atoms with Gasteiger partial charge in [0.1, 0.15) is 5.82 Å². The van der Waals surface area contributed by atoms with Crippen molar-refractivity contribution < 1.29 is 0 Å². The van der Waals surface area contributed by atoms with Crippen molar-refractivity contribution in [3.63, 3.8) is 0 Å². The molecule has 2 heterocycles. The lowest BCUT2D eigenvalue weighted by atomic mass is 10.1. The number of rotatable bonds is 2. The molecular formula is C14H16N4. The van der Waals surface area contributed by atoms with Gasteiger partial charge in [-0.05, 0) is 25.1 Å². The fraction of sp³-hybridized carbons (Fsp3) is 0.214. The molecule has 0 saturated heterocycles. The van der Waals surface area contributed by atoms with E-state index < -0.39 is 0 Å². The molecule has 0 bridgehead atoms. The zero-order valence-corrected chi connectivity index (χ0v) is 10.6. The Labute approximate surface area is 105 Å². The molecule has 0 amide bonds. The second-order valence-electron chi connectivity index (χ2n) is 4.56. The van der Waals surface area contributed by atoms with Gasteiger partial charge in [-0.1, -0.05) is 6.07 Å². The quantitative estimate of drug-likeness (QED) is 0.722. The molecule has 4 nitrogen and oxygen atoms in total. The lowest BCUT2D eigenvalue weighted by Gasteiger charge is -2.01. The monoisotopic (exact) mass is 240 g/mol. The normalized spacial score (nSPS) is 11.3. The number of imidazole rings is 1. The largest absolute Gasteiger partial charge is 0.351 e. The molecule has 0 aliphatic rings. The number of fused-ring (bicyclic) bond motifs is 1. The fourth-order valence-electron chi connectivity index (χ4n) is 2.33. The van der Waals surface area contributed by atoms with Crippen LogP contribution in [0.3, 0.4) is 0 Å². The average Bonchev–Trinajstić information content (AvgIpc) is 2.93. The summed E-state index contributed by atoms with van der Waals surface area (Å²) in [4.78, 5) is 7.73. The number of hydrogen-bond acceptors (Lipinski definition) is 2. The van der Waals surface area contributed by atoms with Crippen LogP contribution in [0, 0.1) is 6.92 Å². The Hall–Kier alpha value is -2.07. The first-order chi connectivity index (χ1) is 8.69. The third-order valence-electron chi connectivity index (χ3n) is 3.29. The Morgan fingerprint density at radius 2 is 2.17 bits per heavy atom. The second kappa shape index (κ2) is 3.99. The summed E-state index contributed by atoms with van der Waals surface area (Å²) in [6.45, 7) is 2.46. The highest BCUT2D eigenvalue weighted by atomic mass is 15.0. The number of nitrogens with one attached hydrogen (secondary N) is 1. The van der Waals surface area contributed by atoms with Gasteiger partial charge in [-0.25, -0.2) is 4.98 Å². The van der Waals surface area contributed by atoms with Crippen molar-refractivity contribution in [1.82, 2.24) is 14.5 Å². The van der Waals surface area contributed by atoms with Crippen LogP contribution in [-0.4, -0.2) is 14.5 Å². The second-order valence-corrected chi connectivity index (χ2v) is 4.56.